The van der Waals surface area contributed by atoms with E-state index in [1.807, 2.05) is 4.68 Å². The highest BCUT2D eigenvalue weighted by Crippen LogP contribution is 2.26. The molecule has 2 aromatic heterocycles. The molecule has 1 saturated heterocycles. The molecule has 0 spiro atoms. The maximum atomic E-state index is 13.4. The molecule has 3 heterocycles. The van der Waals surface area contributed by atoms with Crippen LogP contribution in [0.1, 0.15) is 75.0 Å². The Kier molecular flexibility index (Phi) is 5.49. The average Bonchev–Trinajstić information content (AvgIpc) is 3.23. The number of fused-ring (bicyclic) bond motifs is 1. The lowest BCUT2D eigenvalue weighted by atomic mass is 9.97. The van der Waals surface area contributed by atoms with Crippen LogP contribution in [0.5, 0.6) is 0 Å². The van der Waals surface area contributed by atoms with E-state index in [4.69, 9.17) is 0 Å². The van der Waals surface area contributed by atoms with Crippen LogP contribution in [0, 0.1) is 13.8 Å². The van der Waals surface area contributed by atoms with Gasteiger partial charge in [-0.1, -0.05) is 19.1 Å². The summed E-state index contributed by atoms with van der Waals surface area (Å²) in [6, 6.07) is 6.09. The number of piperidine rings is 1. The van der Waals surface area contributed by atoms with Crippen LogP contribution in [-0.2, 0) is 5.54 Å². The van der Waals surface area contributed by atoms with Crippen molar-refractivity contribution in [2.24, 2.45) is 0 Å². The van der Waals surface area contributed by atoms with Crippen LogP contribution >= 0.6 is 0 Å². The van der Waals surface area contributed by atoms with E-state index in [0.717, 1.165) is 60.2 Å². The minimum Gasteiger partial charge on any atom is -0.322 e. The van der Waals surface area contributed by atoms with E-state index in [1.165, 1.54) is 16.9 Å². The monoisotopic (exact) mass is 409 g/mol. The van der Waals surface area contributed by atoms with E-state index in [2.05, 4.69) is 73.3 Å². The molecule has 160 valence electrons. The second-order valence-electron chi connectivity index (χ2n) is 9.29. The molecule has 0 radical (unpaired) electrons. The summed E-state index contributed by atoms with van der Waals surface area (Å²) in [4.78, 5) is 17.9. The summed E-state index contributed by atoms with van der Waals surface area (Å²) in [6.45, 7) is 12.6. The number of benzene rings is 1. The molecule has 4 rings (SSSR count). The van der Waals surface area contributed by atoms with Gasteiger partial charge in [-0.3, -0.25) is 4.79 Å². The lowest BCUT2D eigenvalue weighted by molar-refractivity contribution is -0.931. The molecule has 1 atom stereocenters. The summed E-state index contributed by atoms with van der Waals surface area (Å²) >= 11 is 0. The zero-order chi connectivity index (χ0) is 21.5. The van der Waals surface area contributed by atoms with E-state index >= 15 is 0 Å². The number of nitrogens with one attached hydrogen (secondary N) is 2. The highest BCUT2D eigenvalue weighted by atomic mass is 16.1. The third kappa shape index (κ3) is 3.55. The van der Waals surface area contributed by atoms with Gasteiger partial charge < -0.3 is 9.88 Å². The Morgan fingerprint density at radius 3 is 2.63 bits per heavy atom. The molecule has 0 bridgehead atoms. The summed E-state index contributed by atoms with van der Waals surface area (Å²) in [7, 11) is 0. The fraction of sp³-hybridized carbons (Fsp3) is 0.565. The number of aryl methyl sites for hydroxylation is 2. The Morgan fingerprint density at radius 1 is 1.20 bits per heavy atom. The number of H-pyrrole nitrogens is 1. The van der Waals surface area contributed by atoms with Gasteiger partial charge >= 0.3 is 0 Å². The van der Waals surface area contributed by atoms with Crippen molar-refractivity contribution < 1.29 is 4.90 Å². The Labute approximate surface area is 177 Å². The van der Waals surface area contributed by atoms with Crippen molar-refractivity contribution in [3.05, 3.63) is 51.1 Å². The molecule has 1 aliphatic rings. The van der Waals surface area contributed by atoms with Crippen molar-refractivity contribution in [1.82, 2.24) is 25.2 Å². The van der Waals surface area contributed by atoms with Crippen LogP contribution in [0.25, 0.3) is 10.9 Å². The molecule has 7 heteroatoms. The number of hydrogen-bond acceptors (Lipinski definition) is 4. The van der Waals surface area contributed by atoms with E-state index in [9.17, 15) is 4.79 Å². The first-order chi connectivity index (χ1) is 14.3. The minimum atomic E-state index is -0.219. The number of tetrazole rings is 1. The molecule has 1 aromatic carbocycles. The number of rotatable bonds is 5. The van der Waals surface area contributed by atoms with Crippen molar-refractivity contribution in [3.63, 3.8) is 0 Å². The molecule has 3 aromatic rings. The van der Waals surface area contributed by atoms with Crippen molar-refractivity contribution in [2.45, 2.75) is 71.9 Å². The van der Waals surface area contributed by atoms with Gasteiger partial charge in [-0.2, -0.15) is 0 Å². The third-order valence-electron chi connectivity index (χ3n) is 6.99. The van der Waals surface area contributed by atoms with E-state index in [-0.39, 0.29) is 17.1 Å². The standard InChI is InChI=1S/C23H32N6O/c1-6-23(4,5)29-21(25-26-27-29)20(28-12-8-7-9-13-28)18-14-17-11-10-15(2)16(3)19(17)24-22(18)30/h10-11,14,20H,6-9,12-13H2,1-5H3,(H,24,30)/p+1/t20-/m1/s1. The van der Waals surface area contributed by atoms with Gasteiger partial charge in [0.2, 0.25) is 5.82 Å². The maximum absolute atomic E-state index is 13.4. The summed E-state index contributed by atoms with van der Waals surface area (Å²) in [5.41, 5.74) is 3.72. The second kappa shape index (κ2) is 7.95. The molecule has 0 saturated carbocycles. The Hall–Kier alpha value is -2.54. The summed E-state index contributed by atoms with van der Waals surface area (Å²) in [6.07, 6.45) is 4.47. The van der Waals surface area contributed by atoms with Gasteiger partial charge in [0.25, 0.3) is 5.56 Å². The maximum Gasteiger partial charge on any atom is 0.258 e. The normalized spacial score (nSPS) is 16.8. The first-order valence-electron chi connectivity index (χ1n) is 11.1. The van der Waals surface area contributed by atoms with Crippen molar-refractivity contribution in [1.29, 1.82) is 0 Å². The van der Waals surface area contributed by atoms with Crippen LogP contribution < -0.4 is 10.5 Å². The van der Waals surface area contributed by atoms with Gasteiger partial charge in [0.1, 0.15) is 0 Å². The van der Waals surface area contributed by atoms with Crippen molar-refractivity contribution in [2.75, 3.05) is 13.1 Å². The lowest BCUT2D eigenvalue weighted by Gasteiger charge is -2.33. The van der Waals surface area contributed by atoms with Gasteiger partial charge in [0.15, 0.2) is 6.04 Å². The first kappa shape index (κ1) is 20.7. The number of pyridine rings is 1. The smallest absolute Gasteiger partial charge is 0.258 e. The number of hydrogen-bond donors (Lipinski definition) is 2. The number of quaternary nitrogens is 1. The van der Waals surface area contributed by atoms with E-state index in [0.29, 0.717) is 0 Å². The molecule has 2 N–H and O–H groups in total. The zero-order valence-corrected chi connectivity index (χ0v) is 18.7. The number of nitrogens with zero attached hydrogens (tertiary/aromatic N) is 4. The van der Waals surface area contributed by atoms with Crippen molar-refractivity contribution >= 4 is 10.9 Å². The fourth-order valence-corrected chi connectivity index (χ4v) is 4.55. The third-order valence-corrected chi connectivity index (χ3v) is 6.99. The van der Waals surface area contributed by atoms with Crippen LogP contribution in [0.15, 0.2) is 23.0 Å². The Balaban J connectivity index is 1.92. The van der Waals surface area contributed by atoms with E-state index < -0.39 is 0 Å². The van der Waals surface area contributed by atoms with Gasteiger partial charge in [-0.25, -0.2) is 4.68 Å². The number of aromatic nitrogens is 5. The molecule has 0 aliphatic carbocycles. The fourth-order valence-electron chi connectivity index (χ4n) is 4.55. The summed E-state index contributed by atoms with van der Waals surface area (Å²) in [5, 5.41) is 13.9. The summed E-state index contributed by atoms with van der Waals surface area (Å²) < 4.78 is 1.93. The highest BCUT2D eigenvalue weighted by molar-refractivity contribution is 5.83. The quantitative estimate of drug-likeness (QED) is 0.678. The largest absolute Gasteiger partial charge is 0.322 e. The summed E-state index contributed by atoms with van der Waals surface area (Å²) in [5.74, 6) is 0.785. The minimum absolute atomic E-state index is 0.0388. The topological polar surface area (TPSA) is 80.9 Å². The predicted molar refractivity (Wildman–Crippen MR) is 118 cm³/mol. The van der Waals surface area contributed by atoms with Gasteiger partial charge in [-0.05, 0) is 86.4 Å². The number of likely N-dealkylation sites (tertiary alicyclic amines) is 1. The molecule has 7 nitrogen and oxygen atoms in total. The van der Waals surface area contributed by atoms with Gasteiger partial charge in [0, 0.05) is 0 Å². The first-order valence-corrected chi connectivity index (χ1v) is 11.1. The lowest BCUT2D eigenvalue weighted by Crippen LogP contribution is -3.13. The molecule has 1 aliphatic heterocycles. The SMILES string of the molecule is CCC(C)(C)n1nnnc1[C@@H](c1cc2ccc(C)c(C)c2[nH]c1=O)[NH+]1CCCCC1. The Morgan fingerprint density at radius 2 is 1.93 bits per heavy atom. The van der Waals surface area contributed by atoms with Crippen molar-refractivity contribution in [3.8, 4) is 0 Å². The van der Waals surface area contributed by atoms with E-state index in [1.54, 1.807) is 0 Å². The van der Waals surface area contributed by atoms with Gasteiger partial charge in [0.05, 0.1) is 29.7 Å². The molecular weight excluding hydrogens is 376 g/mol. The average molecular weight is 410 g/mol. The number of aromatic amines is 1. The predicted octanol–water partition coefficient (Wildman–Crippen LogP) is 2.43. The molecule has 0 amide bonds. The van der Waals surface area contributed by atoms with Crippen LogP contribution in [0.2, 0.25) is 0 Å². The molecule has 0 unspecified atom stereocenters. The van der Waals surface area contributed by atoms with Crippen LogP contribution in [0.4, 0.5) is 0 Å². The molecule has 30 heavy (non-hydrogen) atoms. The highest BCUT2D eigenvalue weighted by Gasteiger charge is 2.37. The van der Waals surface area contributed by atoms with Crippen LogP contribution in [0.3, 0.4) is 0 Å². The zero-order valence-electron chi connectivity index (χ0n) is 18.7. The van der Waals surface area contributed by atoms with Crippen LogP contribution in [-0.4, -0.2) is 38.3 Å². The Bertz CT molecular complexity index is 1110. The molecular formula is C23H33N6O+. The molecule has 1 fully saturated rings. The van der Waals surface area contributed by atoms with Gasteiger partial charge in [-0.15, -0.1) is 5.10 Å². The second-order valence-corrected chi connectivity index (χ2v) is 9.29.